The molecule has 0 saturated heterocycles. The van der Waals surface area contributed by atoms with Crippen molar-refractivity contribution >= 4 is 16.9 Å². The third kappa shape index (κ3) is 4.52. The van der Waals surface area contributed by atoms with Crippen LogP contribution in [0.1, 0.15) is 43.6 Å². The Labute approximate surface area is 138 Å². The van der Waals surface area contributed by atoms with Crippen LogP contribution in [-0.2, 0) is 11.2 Å². The summed E-state index contributed by atoms with van der Waals surface area (Å²) in [6.45, 7) is 7.96. The number of carbonyl (C=O) groups excluding carboxylic acids is 1. The third-order valence-electron chi connectivity index (χ3n) is 3.39. The first-order valence-electron chi connectivity index (χ1n) is 7.94. The van der Waals surface area contributed by atoms with E-state index in [-0.39, 0.29) is 5.97 Å². The van der Waals surface area contributed by atoms with Gasteiger partial charge in [0, 0.05) is 11.6 Å². The number of allylic oxidation sites excluding steroid dienone is 4. The predicted molar refractivity (Wildman–Crippen MR) is 96.7 cm³/mol. The zero-order valence-electron chi connectivity index (χ0n) is 14.6. The Morgan fingerprint density at radius 3 is 2.52 bits per heavy atom. The van der Waals surface area contributed by atoms with Gasteiger partial charge in [0.15, 0.2) is 0 Å². The van der Waals surface area contributed by atoms with Crippen LogP contribution >= 0.6 is 0 Å². The van der Waals surface area contributed by atoms with Crippen LogP contribution in [0.4, 0.5) is 0 Å². The van der Waals surface area contributed by atoms with Crippen LogP contribution in [0.25, 0.3) is 10.9 Å². The minimum absolute atomic E-state index is 0.320. The fraction of sp³-hybridized carbons (Fsp3) is 0.300. The number of hydrogen-bond donors (Lipinski definition) is 0. The first kappa shape index (κ1) is 18.6. The van der Waals surface area contributed by atoms with Crippen molar-refractivity contribution in [3.05, 3.63) is 65.4 Å². The van der Waals surface area contributed by atoms with Gasteiger partial charge in [-0.2, -0.15) is 0 Å². The normalized spacial score (nSPS) is 11.3. The number of benzene rings is 1. The summed E-state index contributed by atoms with van der Waals surface area (Å²) >= 11 is 0. The molecule has 0 unspecified atom stereocenters. The number of nitrogens with zero attached hydrogens (tertiary/aromatic N) is 1. The Morgan fingerprint density at radius 1 is 1.22 bits per heavy atom. The predicted octanol–water partition coefficient (Wildman–Crippen LogP) is 5.11. The molecule has 0 fully saturated rings. The van der Waals surface area contributed by atoms with Crippen molar-refractivity contribution in [1.82, 2.24) is 4.98 Å². The number of ether oxygens (including phenoxy) is 1. The van der Waals surface area contributed by atoms with Crippen molar-refractivity contribution < 1.29 is 9.53 Å². The lowest BCUT2D eigenvalue weighted by molar-refractivity contribution is 0.0602. The summed E-state index contributed by atoms with van der Waals surface area (Å²) in [5.74, 6) is -0.320. The molecule has 0 atom stereocenters. The van der Waals surface area contributed by atoms with E-state index >= 15 is 0 Å². The molecule has 0 amide bonds. The van der Waals surface area contributed by atoms with Crippen molar-refractivity contribution in [2.45, 2.75) is 34.1 Å². The summed E-state index contributed by atoms with van der Waals surface area (Å²) in [5, 5.41) is 0.831. The van der Waals surface area contributed by atoms with Crippen molar-refractivity contribution in [1.29, 1.82) is 0 Å². The summed E-state index contributed by atoms with van der Waals surface area (Å²) in [4.78, 5) is 16.6. The number of hydrogen-bond acceptors (Lipinski definition) is 3. The van der Waals surface area contributed by atoms with Crippen LogP contribution in [0.15, 0.2) is 54.3 Å². The minimum Gasteiger partial charge on any atom is -0.465 e. The molecule has 0 radical (unpaired) electrons. The fourth-order valence-electron chi connectivity index (χ4n) is 2.35. The topological polar surface area (TPSA) is 39.2 Å². The molecular weight excluding hydrogens is 286 g/mol. The average molecular weight is 311 g/mol. The molecule has 0 saturated carbocycles. The quantitative estimate of drug-likeness (QED) is 0.581. The molecular formula is C20H25NO2. The first-order valence-corrected chi connectivity index (χ1v) is 7.94. The van der Waals surface area contributed by atoms with Crippen molar-refractivity contribution in [2.75, 3.05) is 7.11 Å². The van der Waals surface area contributed by atoms with E-state index in [1.54, 1.807) is 6.20 Å². The van der Waals surface area contributed by atoms with Crippen molar-refractivity contribution in [3.8, 4) is 0 Å². The molecule has 0 bridgehead atoms. The minimum atomic E-state index is -0.320. The standard InChI is InChI=1S/C18H19NO2.C2H6/c1-4-8-13(5-2)11-14-12-19-16-10-7-6-9-15(16)17(14)18(20)21-3;1-2/h4-10,12H,11H2,1-3H3;1-2H3/b8-4-,13-5+;. The van der Waals surface area contributed by atoms with Gasteiger partial charge in [-0.15, -0.1) is 0 Å². The summed E-state index contributed by atoms with van der Waals surface area (Å²) < 4.78 is 4.96. The lowest BCUT2D eigenvalue weighted by atomic mass is 9.97. The monoisotopic (exact) mass is 311 g/mol. The van der Waals surface area contributed by atoms with E-state index in [1.165, 1.54) is 7.11 Å². The van der Waals surface area contributed by atoms with Gasteiger partial charge in [-0.05, 0) is 37.5 Å². The van der Waals surface area contributed by atoms with E-state index in [4.69, 9.17) is 4.74 Å². The molecule has 2 rings (SSSR count). The number of methoxy groups -OCH3 is 1. The SMILES string of the molecule is C/C=C\C(=C/C)Cc1cnc2ccccc2c1C(=O)OC.CC. The largest absolute Gasteiger partial charge is 0.465 e. The molecule has 122 valence electrons. The second-order valence-corrected chi connectivity index (χ2v) is 4.71. The molecule has 1 aromatic carbocycles. The van der Waals surface area contributed by atoms with Crippen LogP contribution in [-0.4, -0.2) is 18.1 Å². The maximum Gasteiger partial charge on any atom is 0.338 e. The molecule has 0 aliphatic rings. The van der Waals surface area contributed by atoms with E-state index in [1.807, 2.05) is 70.2 Å². The molecule has 3 nitrogen and oxygen atoms in total. The number of carbonyl (C=O) groups is 1. The van der Waals surface area contributed by atoms with Gasteiger partial charge in [-0.3, -0.25) is 4.98 Å². The molecule has 0 spiro atoms. The lowest BCUT2D eigenvalue weighted by Crippen LogP contribution is -2.08. The Kier molecular flexibility index (Phi) is 7.75. The van der Waals surface area contributed by atoms with Crippen LogP contribution < -0.4 is 0 Å². The van der Waals surface area contributed by atoms with Gasteiger partial charge >= 0.3 is 5.97 Å². The summed E-state index contributed by atoms with van der Waals surface area (Å²) in [5.41, 5.74) is 3.42. The molecule has 2 aromatic rings. The number of rotatable bonds is 4. The number of fused-ring (bicyclic) bond motifs is 1. The van der Waals surface area contributed by atoms with Crippen molar-refractivity contribution in [3.63, 3.8) is 0 Å². The van der Waals surface area contributed by atoms with Gasteiger partial charge in [0.05, 0.1) is 18.2 Å². The first-order chi connectivity index (χ1) is 11.2. The molecule has 1 heterocycles. The molecule has 23 heavy (non-hydrogen) atoms. The Morgan fingerprint density at radius 2 is 1.91 bits per heavy atom. The Bertz CT molecular complexity index is 715. The van der Waals surface area contributed by atoms with Gasteiger partial charge < -0.3 is 4.74 Å². The molecule has 3 heteroatoms. The fourth-order valence-corrected chi connectivity index (χ4v) is 2.35. The lowest BCUT2D eigenvalue weighted by Gasteiger charge is -2.11. The average Bonchev–Trinajstić information content (AvgIpc) is 2.62. The third-order valence-corrected chi connectivity index (χ3v) is 3.39. The molecule has 0 N–H and O–H groups in total. The second-order valence-electron chi connectivity index (χ2n) is 4.71. The Balaban J connectivity index is 0.00000127. The van der Waals surface area contributed by atoms with Crippen LogP contribution in [0.5, 0.6) is 0 Å². The van der Waals surface area contributed by atoms with Crippen LogP contribution in [0.2, 0.25) is 0 Å². The second kappa shape index (κ2) is 9.57. The highest BCUT2D eigenvalue weighted by Gasteiger charge is 2.17. The van der Waals surface area contributed by atoms with E-state index in [9.17, 15) is 4.79 Å². The summed E-state index contributed by atoms with van der Waals surface area (Å²) in [6, 6.07) is 7.62. The highest BCUT2D eigenvalue weighted by Crippen LogP contribution is 2.23. The van der Waals surface area contributed by atoms with Crippen LogP contribution in [0.3, 0.4) is 0 Å². The zero-order chi connectivity index (χ0) is 17.2. The highest BCUT2D eigenvalue weighted by molar-refractivity contribution is 6.04. The molecule has 0 aliphatic carbocycles. The van der Waals surface area contributed by atoms with Crippen molar-refractivity contribution in [2.24, 2.45) is 0 Å². The van der Waals surface area contributed by atoms with Gasteiger partial charge in [0.25, 0.3) is 0 Å². The van der Waals surface area contributed by atoms with Gasteiger partial charge in [-0.1, -0.05) is 50.3 Å². The van der Waals surface area contributed by atoms with E-state index in [0.717, 1.165) is 22.0 Å². The van der Waals surface area contributed by atoms with Gasteiger partial charge in [-0.25, -0.2) is 4.79 Å². The Hall–Kier alpha value is -2.42. The number of esters is 1. The maximum atomic E-state index is 12.2. The van der Waals surface area contributed by atoms with Gasteiger partial charge in [0.1, 0.15) is 0 Å². The van der Waals surface area contributed by atoms with Gasteiger partial charge in [0.2, 0.25) is 0 Å². The molecule has 0 aliphatic heterocycles. The van der Waals surface area contributed by atoms with E-state index in [0.29, 0.717) is 12.0 Å². The van der Waals surface area contributed by atoms with E-state index in [2.05, 4.69) is 4.98 Å². The maximum absolute atomic E-state index is 12.2. The number of para-hydroxylation sites is 1. The smallest absolute Gasteiger partial charge is 0.338 e. The number of aromatic nitrogens is 1. The van der Waals surface area contributed by atoms with E-state index < -0.39 is 0 Å². The summed E-state index contributed by atoms with van der Waals surface area (Å²) in [7, 11) is 1.41. The summed E-state index contributed by atoms with van der Waals surface area (Å²) in [6.07, 6.45) is 8.48. The molecule has 1 aromatic heterocycles. The van der Waals surface area contributed by atoms with Crippen LogP contribution in [0, 0.1) is 0 Å². The number of pyridine rings is 1. The zero-order valence-corrected chi connectivity index (χ0v) is 14.6. The highest BCUT2D eigenvalue weighted by atomic mass is 16.5.